The minimum absolute atomic E-state index is 0.207. The third-order valence-corrected chi connectivity index (χ3v) is 4.48. The van der Waals surface area contributed by atoms with E-state index in [9.17, 15) is 9.59 Å². The van der Waals surface area contributed by atoms with Gasteiger partial charge in [0, 0.05) is 36.8 Å². The third-order valence-electron chi connectivity index (χ3n) is 4.48. The van der Waals surface area contributed by atoms with Crippen molar-refractivity contribution in [2.75, 3.05) is 10.6 Å². The molecule has 2 aromatic heterocycles. The number of hydrogen-bond acceptors (Lipinski definition) is 4. The Morgan fingerprint density at radius 3 is 2.53 bits per heavy atom. The second kappa shape index (κ2) is 8.44. The Morgan fingerprint density at radius 2 is 1.77 bits per heavy atom. The number of rotatable bonds is 6. The van der Waals surface area contributed by atoms with Crippen LogP contribution < -0.4 is 10.6 Å². The molecular formula is C22H20N6O2. The summed E-state index contributed by atoms with van der Waals surface area (Å²) in [6, 6.07) is 19.8. The number of benzene rings is 2. The predicted molar refractivity (Wildman–Crippen MR) is 113 cm³/mol. The molecule has 2 N–H and O–H groups in total. The normalized spacial score (nSPS) is 10.6. The topological polar surface area (TPSA) is 93.8 Å². The van der Waals surface area contributed by atoms with Gasteiger partial charge < -0.3 is 10.6 Å². The molecule has 8 nitrogen and oxygen atoms in total. The van der Waals surface area contributed by atoms with Gasteiger partial charge in [-0.05, 0) is 35.9 Å². The van der Waals surface area contributed by atoms with E-state index >= 15 is 0 Å². The highest BCUT2D eigenvalue weighted by atomic mass is 16.2. The van der Waals surface area contributed by atoms with Crippen LogP contribution in [0.25, 0.3) is 0 Å². The monoisotopic (exact) mass is 400 g/mol. The fourth-order valence-electron chi connectivity index (χ4n) is 3.00. The highest BCUT2D eigenvalue weighted by molar-refractivity contribution is 6.06. The molecular weight excluding hydrogens is 380 g/mol. The first-order chi connectivity index (χ1) is 14.6. The maximum absolute atomic E-state index is 12.6. The zero-order chi connectivity index (χ0) is 20.9. The first-order valence-corrected chi connectivity index (χ1v) is 9.36. The number of nitrogens with zero attached hydrogens (tertiary/aromatic N) is 4. The SMILES string of the molecule is Cn1nc(C(=O)Nc2cccc(Cn3cccn3)c2)cc1NC(=O)c1ccccc1. The highest BCUT2D eigenvalue weighted by Gasteiger charge is 2.15. The van der Waals surface area contributed by atoms with Gasteiger partial charge in [-0.2, -0.15) is 10.2 Å². The van der Waals surface area contributed by atoms with Crippen molar-refractivity contribution < 1.29 is 9.59 Å². The highest BCUT2D eigenvalue weighted by Crippen LogP contribution is 2.15. The summed E-state index contributed by atoms with van der Waals surface area (Å²) < 4.78 is 3.27. The lowest BCUT2D eigenvalue weighted by Crippen LogP contribution is -2.14. The number of hydrogen-bond donors (Lipinski definition) is 2. The van der Waals surface area contributed by atoms with Crippen LogP contribution in [0.4, 0.5) is 11.5 Å². The van der Waals surface area contributed by atoms with Crippen molar-refractivity contribution in [3.63, 3.8) is 0 Å². The van der Waals surface area contributed by atoms with E-state index in [1.807, 2.05) is 42.6 Å². The molecule has 0 aliphatic heterocycles. The van der Waals surface area contributed by atoms with E-state index in [1.165, 1.54) is 4.68 Å². The summed E-state index contributed by atoms with van der Waals surface area (Å²) in [7, 11) is 1.67. The number of aromatic nitrogens is 4. The van der Waals surface area contributed by atoms with Crippen LogP contribution in [-0.4, -0.2) is 31.4 Å². The Morgan fingerprint density at radius 1 is 0.933 bits per heavy atom. The van der Waals surface area contributed by atoms with Gasteiger partial charge in [-0.3, -0.25) is 19.0 Å². The maximum atomic E-state index is 12.6. The molecule has 0 fully saturated rings. The largest absolute Gasteiger partial charge is 0.321 e. The average Bonchev–Trinajstić information content (AvgIpc) is 3.39. The van der Waals surface area contributed by atoms with Crippen molar-refractivity contribution in [1.29, 1.82) is 0 Å². The molecule has 30 heavy (non-hydrogen) atoms. The molecule has 150 valence electrons. The summed E-state index contributed by atoms with van der Waals surface area (Å²) in [6.07, 6.45) is 3.60. The molecule has 2 aromatic carbocycles. The average molecular weight is 400 g/mol. The summed E-state index contributed by atoms with van der Waals surface area (Å²) >= 11 is 0. The van der Waals surface area contributed by atoms with E-state index in [0.29, 0.717) is 23.6 Å². The molecule has 0 spiro atoms. The van der Waals surface area contributed by atoms with E-state index < -0.39 is 0 Å². The molecule has 0 saturated heterocycles. The van der Waals surface area contributed by atoms with Gasteiger partial charge in [0.05, 0.1) is 6.54 Å². The van der Waals surface area contributed by atoms with Crippen LogP contribution in [0.15, 0.2) is 79.1 Å². The molecule has 0 saturated carbocycles. The van der Waals surface area contributed by atoms with Gasteiger partial charge >= 0.3 is 0 Å². The van der Waals surface area contributed by atoms with Crippen LogP contribution in [0.3, 0.4) is 0 Å². The van der Waals surface area contributed by atoms with Crippen molar-refractivity contribution in [3.05, 3.63) is 95.9 Å². The smallest absolute Gasteiger partial charge is 0.276 e. The number of aryl methyl sites for hydroxylation is 1. The second-order valence-corrected chi connectivity index (χ2v) is 6.72. The van der Waals surface area contributed by atoms with Gasteiger partial charge in [0.25, 0.3) is 11.8 Å². The molecule has 2 heterocycles. The van der Waals surface area contributed by atoms with Gasteiger partial charge in [-0.15, -0.1) is 0 Å². The summed E-state index contributed by atoms with van der Waals surface area (Å²) in [6.45, 7) is 0.607. The second-order valence-electron chi connectivity index (χ2n) is 6.72. The van der Waals surface area contributed by atoms with E-state index in [4.69, 9.17) is 0 Å². The number of anilines is 2. The standard InChI is InChI=1S/C22H20N6O2/c1-27-20(25-21(29)17-8-3-2-4-9-17)14-19(26-27)22(30)24-18-10-5-7-16(13-18)15-28-12-6-11-23-28/h2-14H,15H2,1H3,(H,24,30)(H,25,29). The molecule has 2 amide bonds. The summed E-state index contributed by atoms with van der Waals surface area (Å²) in [4.78, 5) is 25.0. The lowest BCUT2D eigenvalue weighted by Gasteiger charge is -2.06. The lowest BCUT2D eigenvalue weighted by atomic mass is 10.2. The van der Waals surface area contributed by atoms with Crippen molar-refractivity contribution in [3.8, 4) is 0 Å². The minimum atomic E-state index is -0.359. The van der Waals surface area contributed by atoms with Crippen LogP contribution in [0, 0.1) is 0 Å². The summed E-state index contributed by atoms with van der Waals surface area (Å²) in [5.41, 5.74) is 2.40. The van der Waals surface area contributed by atoms with Crippen LogP contribution >= 0.6 is 0 Å². The Balaban J connectivity index is 1.44. The van der Waals surface area contributed by atoms with Gasteiger partial charge in [0.2, 0.25) is 0 Å². The van der Waals surface area contributed by atoms with E-state index in [-0.39, 0.29) is 17.5 Å². The van der Waals surface area contributed by atoms with Crippen LogP contribution in [0.5, 0.6) is 0 Å². The molecule has 0 bridgehead atoms. The van der Waals surface area contributed by atoms with Crippen LogP contribution in [0.2, 0.25) is 0 Å². The molecule has 4 aromatic rings. The zero-order valence-corrected chi connectivity index (χ0v) is 16.3. The van der Waals surface area contributed by atoms with Crippen LogP contribution in [0.1, 0.15) is 26.4 Å². The molecule has 0 aliphatic rings. The van der Waals surface area contributed by atoms with E-state index in [1.54, 1.807) is 48.3 Å². The Bertz CT molecular complexity index is 1170. The van der Waals surface area contributed by atoms with E-state index in [2.05, 4.69) is 20.8 Å². The first kappa shape index (κ1) is 19.1. The van der Waals surface area contributed by atoms with Gasteiger partial charge in [-0.1, -0.05) is 30.3 Å². The molecule has 0 radical (unpaired) electrons. The Kier molecular flexibility index (Phi) is 5.38. The fourth-order valence-corrected chi connectivity index (χ4v) is 3.00. The van der Waals surface area contributed by atoms with Crippen molar-refractivity contribution in [2.24, 2.45) is 7.05 Å². The lowest BCUT2D eigenvalue weighted by molar-refractivity contribution is 0.101. The van der Waals surface area contributed by atoms with E-state index in [0.717, 1.165) is 5.56 Å². The molecule has 4 rings (SSSR count). The quantitative estimate of drug-likeness (QED) is 0.520. The predicted octanol–water partition coefficient (Wildman–Crippen LogP) is 3.17. The molecule has 8 heteroatoms. The minimum Gasteiger partial charge on any atom is -0.321 e. The number of carbonyl (C=O) groups is 2. The van der Waals surface area contributed by atoms with Crippen LogP contribution in [-0.2, 0) is 13.6 Å². The first-order valence-electron chi connectivity index (χ1n) is 9.36. The Hall–Kier alpha value is -4.20. The summed E-state index contributed by atoms with van der Waals surface area (Å²) in [5.74, 6) is -0.194. The molecule has 0 unspecified atom stereocenters. The zero-order valence-electron chi connectivity index (χ0n) is 16.3. The Labute approximate surface area is 173 Å². The van der Waals surface area contributed by atoms with Crippen molar-refractivity contribution in [2.45, 2.75) is 6.54 Å². The number of amides is 2. The summed E-state index contributed by atoms with van der Waals surface area (Å²) in [5, 5.41) is 14.0. The maximum Gasteiger partial charge on any atom is 0.276 e. The third kappa shape index (κ3) is 4.44. The van der Waals surface area contributed by atoms with Gasteiger partial charge in [-0.25, -0.2) is 0 Å². The fraction of sp³-hybridized carbons (Fsp3) is 0.0909. The van der Waals surface area contributed by atoms with Gasteiger partial charge in [0.15, 0.2) is 5.69 Å². The van der Waals surface area contributed by atoms with Crippen molar-refractivity contribution in [1.82, 2.24) is 19.6 Å². The molecule has 0 aliphatic carbocycles. The molecule has 0 atom stereocenters. The van der Waals surface area contributed by atoms with Gasteiger partial charge in [0.1, 0.15) is 5.82 Å². The number of carbonyl (C=O) groups excluding carboxylic acids is 2. The number of nitrogens with one attached hydrogen (secondary N) is 2. The van der Waals surface area contributed by atoms with Crippen molar-refractivity contribution >= 4 is 23.3 Å².